The van der Waals surface area contributed by atoms with Crippen molar-refractivity contribution in [3.8, 4) is 0 Å². The van der Waals surface area contributed by atoms with Crippen LogP contribution in [0, 0.1) is 0 Å². The molecule has 0 aliphatic carbocycles. The van der Waals surface area contributed by atoms with Gasteiger partial charge < -0.3 is 15.1 Å². The molecular weight excluding hydrogens is 316 g/mol. The monoisotopic (exact) mass is 322 g/mol. The number of carbonyl (C=O) groups excluding carboxylic acids is 1. The van der Waals surface area contributed by atoms with Crippen LogP contribution in [-0.4, -0.2) is 21.9 Å². The molecule has 0 atom stereocenters. The molecule has 3 rings (SSSR count). The van der Waals surface area contributed by atoms with Crippen LogP contribution in [-0.2, 0) is 4.84 Å². The number of oxime groups is 1. The molecule has 3 aromatic rings. The van der Waals surface area contributed by atoms with Crippen molar-refractivity contribution in [1.29, 1.82) is 0 Å². The fourth-order valence-electron chi connectivity index (χ4n) is 1.60. The van der Waals surface area contributed by atoms with Gasteiger partial charge in [0.25, 0.3) is 0 Å². The van der Waals surface area contributed by atoms with Crippen molar-refractivity contribution in [1.82, 2.24) is 10.1 Å². The molecule has 0 saturated carbocycles. The molecular formula is C12H7ClN4O3S. The van der Waals surface area contributed by atoms with Gasteiger partial charge >= 0.3 is 5.97 Å². The predicted octanol–water partition coefficient (Wildman–Crippen LogP) is 2.42. The van der Waals surface area contributed by atoms with Gasteiger partial charge in [0, 0.05) is 10.1 Å². The van der Waals surface area contributed by atoms with Gasteiger partial charge in [-0.05, 0) is 6.07 Å². The number of aromatic nitrogens is 2. The summed E-state index contributed by atoms with van der Waals surface area (Å²) < 4.78 is 5.38. The fourth-order valence-corrected chi connectivity index (χ4v) is 2.98. The topological polar surface area (TPSA) is 104 Å². The third-order valence-electron chi connectivity index (χ3n) is 2.54. The maximum Gasteiger partial charge on any atom is 0.377 e. The number of benzene rings is 1. The van der Waals surface area contributed by atoms with Crippen LogP contribution in [0.15, 0.2) is 40.3 Å². The van der Waals surface area contributed by atoms with Crippen LogP contribution in [0.4, 0.5) is 0 Å². The molecule has 0 fully saturated rings. The summed E-state index contributed by atoms with van der Waals surface area (Å²) in [5.41, 5.74) is 5.54. The second-order valence-electron chi connectivity index (χ2n) is 3.85. The summed E-state index contributed by atoms with van der Waals surface area (Å²) in [7, 11) is 0. The number of carbonyl (C=O) groups is 1. The van der Waals surface area contributed by atoms with Crippen LogP contribution in [0.25, 0.3) is 10.1 Å². The van der Waals surface area contributed by atoms with Gasteiger partial charge in [0.15, 0.2) is 0 Å². The second kappa shape index (κ2) is 5.51. The van der Waals surface area contributed by atoms with E-state index >= 15 is 0 Å². The Labute approximate surface area is 126 Å². The summed E-state index contributed by atoms with van der Waals surface area (Å²) in [5, 5.41) is 8.04. The van der Waals surface area contributed by atoms with E-state index in [9.17, 15) is 4.79 Å². The normalized spacial score (nSPS) is 11.8. The summed E-state index contributed by atoms with van der Waals surface area (Å²) in [6.07, 6.45) is 1.09. The van der Waals surface area contributed by atoms with E-state index in [0.717, 1.165) is 16.5 Å². The Balaban J connectivity index is 1.84. The minimum atomic E-state index is -0.701. The molecule has 0 saturated heterocycles. The zero-order chi connectivity index (χ0) is 14.8. The molecule has 0 aliphatic rings. The number of amidine groups is 1. The third kappa shape index (κ3) is 2.58. The molecule has 0 bridgehead atoms. The van der Waals surface area contributed by atoms with Crippen LogP contribution in [0.3, 0.4) is 0 Å². The highest BCUT2D eigenvalue weighted by Crippen LogP contribution is 2.35. The second-order valence-corrected chi connectivity index (χ2v) is 5.28. The molecule has 9 heteroatoms. The van der Waals surface area contributed by atoms with Gasteiger partial charge in [0.05, 0.1) is 5.02 Å². The summed E-state index contributed by atoms with van der Waals surface area (Å²) >= 11 is 7.37. The van der Waals surface area contributed by atoms with Crippen molar-refractivity contribution in [3.05, 3.63) is 46.4 Å². The molecule has 0 amide bonds. The Morgan fingerprint density at radius 1 is 1.43 bits per heavy atom. The van der Waals surface area contributed by atoms with E-state index in [-0.39, 0.29) is 16.5 Å². The van der Waals surface area contributed by atoms with Gasteiger partial charge in [-0.2, -0.15) is 4.98 Å². The lowest BCUT2D eigenvalue weighted by Gasteiger charge is -1.96. The molecule has 2 N–H and O–H groups in total. The van der Waals surface area contributed by atoms with E-state index in [0.29, 0.717) is 5.02 Å². The smallest absolute Gasteiger partial charge is 0.377 e. The van der Waals surface area contributed by atoms with Crippen LogP contribution in [0.1, 0.15) is 15.5 Å². The molecule has 21 heavy (non-hydrogen) atoms. The lowest BCUT2D eigenvalue weighted by atomic mass is 10.2. The van der Waals surface area contributed by atoms with Crippen LogP contribution >= 0.6 is 22.9 Å². The Morgan fingerprint density at radius 2 is 2.24 bits per heavy atom. The Bertz CT molecular complexity index is 828. The van der Waals surface area contributed by atoms with Gasteiger partial charge in [0.1, 0.15) is 4.88 Å². The number of halogens is 1. The number of nitrogens with two attached hydrogens (primary N) is 1. The predicted molar refractivity (Wildman–Crippen MR) is 77.3 cm³/mol. The fraction of sp³-hybridized carbons (Fsp3) is 0. The number of fused-ring (bicyclic) bond motifs is 1. The van der Waals surface area contributed by atoms with Crippen LogP contribution in [0.2, 0.25) is 5.02 Å². The zero-order valence-corrected chi connectivity index (χ0v) is 11.9. The van der Waals surface area contributed by atoms with Crippen molar-refractivity contribution >= 4 is 44.8 Å². The Kier molecular flexibility index (Phi) is 3.55. The summed E-state index contributed by atoms with van der Waals surface area (Å²) in [4.78, 5) is 20.7. The van der Waals surface area contributed by atoms with Gasteiger partial charge in [-0.15, -0.1) is 11.3 Å². The van der Waals surface area contributed by atoms with Gasteiger partial charge in [0.2, 0.25) is 18.1 Å². The average Bonchev–Trinajstić information content (AvgIpc) is 3.13. The number of rotatable bonds is 3. The number of hydrogen-bond acceptors (Lipinski definition) is 7. The highest BCUT2D eigenvalue weighted by Gasteiger charge is 2.19. The number of nitrogens with zero attached hydrogens (tertiary/aromatic N) is 3. The minimum absolute atomic E-state index is 0.0326. The first kappa shape index (κ1) is 13.5. The highest BCUT2D eigenvalue weighted by atomic mass is 35.5. The number of hydrogen-bond donors (Lipinski definition) is 1. The Hall–Kier alpha value is -2.45. The molecule has 106 valence electrons. The van der Waals surface area contributed by atoms with Crippen molar-refractivity contribution in [2.45, 2.75) is 0 Å². The first-order chi connectivity index (χ1) is 10.2. The molecule has 0 unspecified atom stereocenters. The van der Waals surface area contributed by atoms with Gasteiger partial charge in [-0.25, -0.2) is 4.79 Å². The summed E-state index contributed by atoms with van der Waals surface area (Å²) in [5.74, 6) is -0.841. The average molecular weight is 323 g/mol. The van der Waals surface area contributed by atoms with E-state index in [2.05, 4.69) is 19.8 Å². The number of thiophene rings is 1. The molecule has 2 aromatic heterocycles. The van der Waals surface area contributed by atoms with Crippen LogP contribution < -0.4 is 5.73 Å². The molecule has 0 radical (unpaired) electrons. The maximum atomic E-state index is 12.0. The van der Waals surface area contributed by atoms with E-state index in [1.54, 1.807) is 0 Å². The van der Waals surface area contributed by atoms with E-state index < -0.39 is 5.97 Å². The molecule has 0 aliphatic heterocycles. The Morgan fingerprint density at radius 3 is 2.95 bits per heavy atom. The highest BCUT2D eigenvalue weighted by molar-refractivity contribution is 7.21. The zero-order valence-electron chi connectivity index (χ0n) is 10.3. The third-order valence-corrected chi connectivity index (χ3v) is 4.19. The quantitative estimate of drug-likeness (QED) is 0.344. The van der Waals surface area contributed by atoms with Gasteiger partial charge in [-0.3, -0.25) is 0 Å². The van der Waals surface area contributed by atoms with Gasteiger partial charge in [-0.1, -0.05) is 40.1 Å². The molecule has 7 nitrogen and oxygen atoms in total. The lowest BCUT2D eigenvalue weighted by Crippen LogP contribution is -2.16. The SMILES string of the molecule is NC(=NOC(=O)c1sc2ccccc2c1Cl)c1ncon1. The van der Waals surface area contributed by atoms with E-state index in [1.165, 1.54) is 11.3 Å². The standard InChI is InChI=1S/C12H7ClN4O3S/c13-8-6-3-1-2-4-7(6)21-9(8)12(18)20-16-10(14)11-15-5-19-17-11/h1-5H,(H2,14,16). The molecule has 1 aromatic carbocycles. The van der Waals surface area contributed by atoms with E-state index in [4.69, 9.17) is 22.2 Å². The van der Waals surface area contributed by atoms with E-state index in [1.807, 2.05) is 24.3 Å². The van der Waals surface area contributed by atoms with Crippen molar-refractivity contribution in [3.63, 3.8) is 0 Å². The summed E-state index contributed by atoms with van der Waals surface area (Å²) in [6.45, 7) is 0. The molecule has 2 heterocycles. The van der Waals surface area contributed by atoms with Crippen molar-refractivity contribution in [2.24, 2.45) is 10.9 Å². The minimum Gasteiger partial charge on any atom is -0.378 e. The lowest BCUT2D eigenvalue weighted by molar-refractivity contribution is 0.0522. The summed E-state index contributed by atoms with van der Waals surface area (Å²) in [6, 6.07) is 7.38. The maximum absolute atomic E-state index is 12.0. The van der Waals surface area contributed by atoms with Crippen LogP contribution in [0.5, 0.6) is 0 Å². The van der Waals surface area contributed by atoms with Crippen molar-refractivity contribution in [2.75, 3.05) is 0 Å². The largest absolute Gasteiger partial charge is 0.378 e. The van der Waals surface area contributed by atoms with Crippen molar-refractivity contribution < 1.29 is 14.2 Å². The first-order valence-corrected chi connectivity index (χ1v) is 6.85. The molecule has 0 spiro atoms. The first-order valence-electron chi connectivity index (χ1n) is 5.65.